The molecular formula is H10AsFeO9. The van der Waals surface area contributed by atoms with E-state index in [9.17, 15) is 0 Å². The maximum Gasteiger partial charge on any atom is 3.00 e. The third-order valence-corrected chi connectivity index (χ3v) is 0. The molecule has 0 aliphatic heterocycles. The molecule has 0 unspecified atom stereocenters. The molecule has 11 heteroatoms. The Hall–Kier alpha value is 0.558. The van der Waals surface area contributed by atoms with Crippen LogP contribution in [0.4, 0.5) is 0 Å². The summed E-state index contributed by atoms with van der Waals surface area (Å²) in [5.41, 5.74) is 0. The van der Waals surface area contributed by atoms with Gasteiger partial charge in [0.25, 0.3) is 0 Å². The predicted molar refractivity (Wildman–Crippen MR) is 24.5 cm³/mol. The van der Waals surface area contributed by atoms with Crippen molar-refractivity contribution in [1.29, 1.82) is 0 Å². The zero-order valence-corrected chi connectivity index (χ0v) is 7.91. The summed E-state index contributed by atoms with van der Waals surface area (Å²) in [5, 5.41) is 0. The van der Waals surface area contributed by atoms with Crippen LogP contribution in [0.5, 0.6) is 0 Å². The van der Waals surface area contributed by atoms with E-state index < -0.39 is 14.5 Å². The topological polar surface area (TPSA) is 244 Å². The van der Waals surface area contributed by atoms with Crippen molar-refractivity contribution < 1.29 is 60.5 Å². The Morgan fingerprint density at radius 1 is 0.727 bits per heavy atom. The molecule has 0 fully saturated rings. The molecule has 0 heterocycles. The monoisotopic (exact) mass is 285 g/mol. The zero-order chi connectivity index (χ0) is 4.50. The van der Waals surface area contributed by atoms with Crippen LogP contribution in [0.2, 0.25) is 0 Å². The molecule has 0 atom stereocenters. The minimum Gasteiger partial charge on any atom is 3.00 e. The first-order valence-corrected chi connectivity index (χ1v) is 3.79. The van der Waals surface area contributed by atoms with Crippen LogP contribution in [0.15, 0.2) is 0 Å². The summed E-state index contributed by atoms with van der Waals surface area (Å²) in [7, 11) is 0. The minimum atomic E-state index is -5.88. The van der Waals surface area contributed by atoms with Gasteiger partial charge in [-0.3, -0.25) is 0 Å². The molecule has 0 aliphatic rings. The van der Waals surface area contributed by atoms with Crippen LogP contribution in [0, 0.1) is 0 Å². The number of hydrogen-bond donors (Lipinski definition) is 0. The summed E-state index contributed by atoms with van der Waals surface area (Å²) in [5.74, 6) is 0. The van der Waals surface area contributed by atoms with Gasteiger partial charge in [-0.25, -0.2) is 0 Å². The standard InChI is InChI=1S/AsH3O4.Fe.5H2O/c2-1(3,4)5;;;;;;/h(H3,2,3,4,5);;5*1H2/q;+3;;;;;/p-3. The molecule has 77 valence electrons. The number of hydrogen-bond acceptors (Lipinski definition) is 4. The van der Waals surface area contributed by atoms with E-state index in [1.807, 2.05) is 0 Å². The quantitative estimate of drug-likeness (QED) is 0.393. The van der Waals surface area contributed by atoms with Crippen LogP contribution in [-0.2, 0) is 20.8 Å². The Morgan fingerprint density at radius 3 is 0.727 bits per heavy atom. The SMILES string of the molecule is O.O.O.O.O.O=[As]([O-])([O-])[O-].[Fe+3]. The van der Waals surface area contributed by atoms with Crippen molar-refractivity contribution in [2.75, 3.05) is 0 Å². The van der Waals surface area contributed by atoms with E-state index in [-0.39, 0.29) is 44.4 Å². The number of rotatable bonds is 0. The van der Waals surface area contributed by atoms with Gasteiger partial charge in [0.15, 0.2) is 0 Å². The van der Waals surface area contributed by atoms with Crippen LogP contribution in [0.3, 0.4) is 0 Å². The maximum atomic E-state index is 8.61. The van der Waals surface area contributed by atoms with E-state index in [0.29, 0.717) is 0 Å². The minimum absolute atomic E-state index is 0. The fraction of sp³-hybridized carbons (Fsp3) is 0. The predicted octanol–water partition coefficient (Wildman–Crippen LogP) is -8.19. The Morgan fingerprint density at radius 2 is 0.727 bits per heavy atom. The van der Waals surface area contributed by atoms with E-state index in [1.54, 1.807) is 0 Å². The average Bonchev–Trinajstić information content (AvgIpc) is 0.722. The zero-order valence-electron chi connectivity index (χ0n) is 4.93. The Balaban J connectivity index is -0.00000000533. The molecule has 0 spiro atoms. The molecule has 10 N–H and O–H groups in total. The average molecular weight is 285 g/mol. The van der Waals surface area contributed by atoms with Crippen LogP contribution in [0.25, 0.3) is 0 Å². The van der Waals surface area contributed by atoms with Gasteiger partial charge in [0.05, 0.1) is 0 Å². The fourth-order valence-corrected chi connectivity index (χ4v) is 0. The fourth-order valence-electron chi connectivity index (χ4n) is 0. The van der Waals surface area contributed by atoms with Crippen molar-refractivity contribution in [3.63, 3.8) is 0 Å². The molecule has 0 aliphatic carbocycles. The summed E-state index contributed by atoms with van der Waals surface area (Å²) in [6, 6.07) is 0. The molecule has 0 aromatic heterocycles. The van der Waals surface area contributed by atoms with Gasteiger partial charge in [-0.05, 0) is 0 Å². The Bertz CT molecular complexity index is 55.7. The van der Waals surface area contributed by atoms with Gasteiger partial charge in [0, 0.05) is 0 Å². The van der Waals surface area contributed by atoms with Gasteiger partial charge in [-0.15, -0.1) is 0 Å². The molecular weight excluding hydrogens is 275 g/mol. The normalized spacial score (nSPS) is 5.36. The van der Waals surface area contributed by atoms with Gasteiger partial charge >= 0.3 is 47.6 Å². The van der Waals surface area contributed by atoms with Crippen molar-refractivity contribution in [2.45, 2.75) is 0 Å². The van der Waals surface area contributed by atoms with Crippen LogP contribution >= 0.6 is 0 Å². The maximum absolute atomic E-state index is 8.61. The van der Waals surface area contributed by atoms with Crippen molar-refractivity contribution in [2.24, 2.45) is 0 Å². The third-order valence-electron chi connectivity index (χ3n) is 0. The first kappa shape index (κ1) is 62.0. The first-order chi connectivity index (χ1) is 2.00. The summed E-state index contributed by atoms with van der Waals surface area (Å²) in [6.45, 7) is 0. The first-order valence-electron chi connectivity index (χ1n) is 0.730. The Labute approximate surface area is 75.4 Å². The van der Waals surface area contributed by atoms with Crippen LogP contribution in [0.1, 0.15) is 0 Å². The smallest absolute Gasteiger partial charge is 3.00 e. The van der Waals surface area contributed by atoms with E-state index in [2.05, 4.69) is 0 Å². The molecule has 11 heavy (non-hydrogen) atoms. The van der Waals surface area contributed by atoms with E-state index in [0.717, 1.165) is 0 Å². The van der Waals surface area contributed by atoms with Gasteiger partial charge in [-0.2, -0.15) is 0 Å². The molecule has 0 aromatic carbocycles. The molecule has 0 rings (SSSR count). The Kier molecular flexibility index (Phi) is 126. The largest absolute Gasteiger partial charge is 3.00 e. The summed E-state index contributed by atoms with van der Waals surface area (Å²) >= 11 is -5.88. The molecule has 0 bridgehead atoms. The second-order valence-electron chi connectivity index (χ2n) is 0.447. The summed E-state index contributed by atoms with van der Waals surface area (Å²) < 4.78 is 34.4. The summed E-state index contributed by atoms with van der Waals surface area (Å²) in [4.78, 5) is 0. The van der Waals surface area contributed by atoms with Gasteiger partial charge < -0.3 is 27.4 Å². The molecule has 0 saturated heterocycles. The van der Waals surface area contributed by atoms with E-state index in [1.165, 1.54) is 0 Å². The van der Waals surface area contributed by atoms with Crippen molar-refractivity contribution >= 4 is 14.5 Å². The molecule has 1 radical (unpaired) electrons. The van der Waals surface area contributed by atoms with Crippen molar-refractivity contribution in [3.8, 4) is 0 Å². The molecule has 9 nitrogen and oxygen atoms in total. The second-order valence-corrected chi connectivity index (χ2v) is 2.32. The van der Waals surface area contributed by atoms with Gasteiger partial charge in [-0.1, -0.05) is 0 Å². The molecule has 0 aromatic rings. The van der Waals surface area contributed by atoms with Crippen molar-refractivity contribution in [3.05, 3.63) is 0 Å². The van der Waals surface area contributed by atoms with Crippen LogP contribution in [-0.4, -0.2) is 41.9 Å². The third kappa shape index (κ3) is 2480. The van der Waals surface area contributed by atoms with Crippen LogP contribution < -0.4 is 12.3 Å². The second kappa shape index (κ2) is 22.4. The van der Waals surface area contributed by atoms with E-state index in [4.69, 9.17) is 16.0 Å². The van der Waals surface area contributed by atoms with Gasteiger partial charge in [0.2, 0.25) is 0 Å². The van der Waals surface area contributed by atoms with Crippen molar-refractivity contribution in [1.82, 2.24) is 0 Å². The molecule has 0 saturated carbocycles. The summed E-state index contributed by atoms with van der Waals surface area (Å²) in [6.07, 6.45) is 0. The van der Waals surface area contributed by atoms with E-state index >= 15 is 0 Å². The van der Waals surface area contributed by atoms with Gasteiger partial charge in [0.1, 0.15) is 0 Å². The molecule has 0 amide bonds.